The molecule has 1 saturated heterocycles. The van der Waals surface area contributed by atoms with Gasteiger partial charge in [0, 0.05) is 12.3 Å². The maximum absolute atomic E-state index is 5.68. The highest BCUT2D eigenvalue weighted by Gasteiger charge is 2.13. The summed E-state index contributed by atoms with van der Waals surface area (Å²) < 4.78 is 5.68. The molecule has 1 atom stereocenters. The monoisotopic (exact) mass is 191 g/mol. The van der Waals surface area contributed by atoms with Crippen molar-refractivity contribution in [3.63, 3.8) is 0 Å². The van der Waals surface area contributed by atoms with Crippen molar-refractivity contribution in [3.05, 3.63) is 29.8 Å². The summed E-state index contributed by atoms with van der Waals surface area (Å²) >= 11 is 0. The number of hydrogen-bond acceptors (Lipinski definition) is 2. The summed E-state index contributed by atoms with van der Waals surface area (Å²) in [6, 6.07) is 8.09. The molecule has 2 rings (SSSR count). The molecule has 2 heteroatoms. The van der Waals surface area contributed by atoms with Crippen molar-refractivity contribution < 1.29 is 4.74 Å². The molecule has 0 saturated carbocycles. The summed E-state index contributed by atoms with van der Waals surface area (Å²) in [5.74, 6) is 0. The van der Waals surface area contributed by atoms with Crippen LogP contribution in [0.25, 0.3) is 0 Å². The topological polar surface area (TPSA) is 35.2 Å². The first-order valence-electron chi connectivity index (χ1n) is 5.30. The van der Waals surface area contributed by atoms with Crippen molar-refractivity contribution in [1.82, 2.24) is 0 Å². The number of rotatable bonds is 2. The highest BCUT2D eigenvalue weighted by atomic mass is 16.5. The molecule has 0 aromatic heterocycles. The maximum Gasteiger partial charge on any atom is 0.0615 e. The molecule has 1 unspecified atom stereocenters. The third-order valence-corrected chi connectivity index (χ3v) is 2.72. The van der Waals surface area contributed by atoms with Gasteiger partial charge in [-0.15, -0.1) is 0 Å². The van der Waals surface area contributed by atoms with Gasteiger partial charge in [0.1, 0.15) is 0 Å². The molecular weight excluding hydrogens is 174 g/mol. The van der Waals surface area contributed by atoms with Crippen LogP contribution in [-0.4, -0.2) is 12.7 Å². The number of benzene rings is 1. The third kappa shape index (κ3) is 2.48. The second-order valence-corrected chi connectivity index (χ2v) is 3.93. The van der Waals surface area contributed by atoms with Gasteiger partial charge < -0.3 is 10.5 Å². The van der Waals surface area contributed by atoms with Crippen LogP contribution in [-0.2, 0) is 11.2 Å². The first-order chi connectivity index (χ1) is 6.84. The molecule has 76 valence electrons. The SMILES string of the molecule is Nc1ccc(CC2CCCCO2)cc1. The van der Waals surface area contributed by atoms with E-state index in [1.165, 1.54) is 24.8 Å². The second kappa shape index (κ2) is 4.47. The van der Waals surface area contributed by atoms with E-state index in [0.717, 1.165) is 18.7 Å². The van der Waals surface area contributed by atoms with Crippen molar-refractivity contribution >= 4 is 5.69 Å². The summed E-state index contributed by atoms with van der Waals surface area (Å²) in [5, 5.41) is 0. The van der Waals surface area contributed by atoms with Gasteiger partial charge in [0.2, 0.25) is 0 Å². The average Bonchev–Trinajstić information content (AvgIpc) is 2.23. The van der Waals surface area contributed by atoms with Crippen molar-refractivity contribution in [2.24, 2.45) is 0 Å². The van der Waals surface area contributed by atoms with Gasteiger partial charge in [0.25, 0.3) is 0 Å². The third-order valence-electron chi connectivity index (χ3n) is 2.72. The molecule has 2 N–H and O–H groups in total. The van der Waals surface area contributed by atoms with E-state index in [-0.39, 0.29) is 0 Å². The Bertz CT molecular complexity index is 275. The predicted molar refractivity (Wildman–Crippen MR) is 58.1 cm³/mol. The lowest BCUT2D eigenvalue weighted by Crippen LogP contribution is -2.21. The normalized spacial score (nSPS) is 22.1. The number of nitrogens with two attached hydrogens (primary N) is 1. The molecule has 0 radical (unpaired) electrons. The fraction of sp³-hybridized carbons (Fsp3) is 0.500. The summed E-state index contributed by atoms with van der Waals surface area (Å²) in [4.78, 5) is 0. The van der Waals surface area contributed by atoms with E-state index in [9.17, 15) is 0 Å². The van der Waals surface area contributed by atoms with E-state index in [1.807, 2.05) is 12.1 Å². The van der Waals surface area contributed by atoms with E-state index in [4.69, 9.17) is 10.5 Å². The summed E-state index contributed by atoms with van der Waals surface area (Å²) in [6.07, 6.45) is 5.18. The fourth-order valence-electron chi connectivity index (χ4n) is 1.89. The van der Waals surface area contributed by atoms with Crippen molar-refractivity contribution in [2.45, 2.75) is 31.8 Å². The molecule has 1 heterocycles. The van der Waals surface area contributed by atoms with Gasteiger partial charge in [-0.25, -0.2) is 0 Å². The van der Waals surface area contributed by atoms with Crippen LogP contribution in [0.15, 0.2) is 24.3 Å². The lowest BCUT2D eigenvalue weighted by atomic mass is 10.0. The number of anilines is 1. The van der Waals surface area contributed by atoms with Crippen LogP contribution >= 0.6 is 0 Å². The first kappa shape index (κ1) is 9.53. The molecule has 0 bridgehead atoms. The van der Waals surface area contributed by atoms with Gasteiger partial charge in [-0.2, -0.15) is 0 Å². The molecule has 1 aromatic carbocycles. The fourth-order valence-corrected chi connectivity index (χ4v) is 1.89. The second-order valence-electron chi connectivity index (χ2n) is 3.93. The number of hydrogen-bond donors (Lipinski definition) is 1. The first-order valence-corrected chi connectivity index (χ1v) is 5.30. The van der Waals surface area contributed by atoms with Crippen LogP contribution in [0.3, 0.4) is 0 Å². The zero-order chi connectivity index (χ0) is 9.80. The predicted octanol–water partition coefficient (Wildman–Crippen LogP) is 2.38. The van der Waals surface area contributed by atoms with Gasteiger partial charge >= 0.3 is 0 Å². The molecule has 1 aliphatic heterocycles. The lowest BCUT2D eigenvalue weighted by Gasteiger charge is -2.22. The van der Waals surface area contributed by atoms with Gasteiger partial charge in [-0.1, -0.05) is 12.1 Å². The van der Waals surface area contributed by atoms with Gasteiger partial charge in [0.15, 0.2) is 0 Å². The number of nitrogen functional groups attached to an aromatic ring is 1. The van der Waals surface area contributed by atoms with Crippen LogP contribution < -0.4 is 5.73 Å². The smallest absolute Gasteiger partial charge is 0.0615 e. The van der Waals surface area contributed by atoms with Crippen molar-refractivity contribution in [3.8, 4) is 0 Å². The van der Waals surface area contributed by atoms with Gasteiger partial charge in [0.05, 0.1) is 6.10 Å². The van der Waals surface area contributed by atoms with E-state index >= 15 is 0 Å². The Hall–Kier alpha value is -1.02. The van der Waals surface area contributed by atoms with Crippen molar-refractivity contribution in [1.29, 1.82) is 0 Å². The average molecular weight is 191 g/mol. The van der Waals surface area contributed by atoms with Crippen LogP contribution in [0.5, 0.6) is 0 Å². The largest absolute Gasteiger partial charge is 0.399 e. The van der Waals surface area contributed by atoms with E-state index in [0.29, 0.717) is 6.10 Å². The molecule has 14 heavy (non-hydrogen) atoms. The molecule has 0 amide bonds. The highest BCUT2D eigenvalue weighted by Crippen LogP contribution is 2.17. The summed E-state index contributed by atoms with van der Waals surface area (Å²) in [5.41, 5.74) is 7.79. The van der Waals surface area contributed by atoms with E-state index in [1.54, 1.807) is 0 Å². The van der Waals surface area contributed by atoms with E-state index < -0.39 is 0 Å². The molecular formula is C12H17NO. The minimum atomic E-state index is 0.423. The Balaban J connectivity index is 1.92. The molecule has 0 spiro atoms. The Kier molecular flexibility index (Phi) is 3.04. The summed E-state index contributed by atoms with van der Waals surface area (Å²) in [7, 11) is 0. The van der Waals surface area contributed by atoms with Crippen LogP contribution in [0.1, 0.15) is 24.8 Å². The highest BCUT2D eigenvalue weighted by molar-refractivity contribution is 5.39. The van der Waals surface area contributed by atoms with Crippen LogP contribution in [0, 0.1) is 0 Å². The Morgan fingerprint density at radius 1 is 1.21 bits per heavy atom. The lowest BCUT2D eigenvalue weighted by molar-refractivity contribution is 0.0168. The molecule has 1 fully saturated rings. The Morgan fingerprint density at radius 3 is 2.64 bits per heavy atom. The molecule has 2 nitrogen and oxygen atoms in total. The Morgan fingerprint density at radius 2 is 2.00 bits per heavy atom. The molecule has 0 aliphatic carbocycles. The van der Waals surface area contributed by atoms with Gasteiger partial charge in [-0.05, 0) is 43.4 Å². The molecule has 1 aromatic rings. The van der Waals surface area contributed by atoms with Gasteiger partial charge in [-0.3, -0.25) is 0 Å². The zero-order valence-corrected chi connectivity index (χ0v) is 8.41. The maximum atomic E-state index is 5.68. The summed E-state index contributed by atoms with van der Waals surface area (Å²) in [6.45, 7) is 0.930. The quantitative estimate of drug-likeness (QED) is 0.728. The number of ether oxygens (including phenoxy) is 1. The zero-order valence-electron chi connectivity index (χ0n) is 8.41. The Labute approximate surface area is 85.1 Å². The minimum absolute atomic E-state index is 0.423. The van der Waals surface area contributed by atoms with Crippen LogP contribution in [0.2, 0.25) is 0 Å². The minimum Gasteiger partial charge on any atom is -0.399 e. The molecule has 1 aliphatic rings. The standard InChI is InChI=1S/C12H17NO/c13-11-6-4-10(5-7-11)9-12-3-1-2-8-14-12/h4-7,12H,1-3,8-9,13H2. The van der Waals surface area contributed by atoms with Crippen molar-refractivity contribution in [2.75, 3.05) is 12.3 Å². The van der Waals surface area contributed by atoms with E-state index in [2.05, 4.69) is 12.1 Å². The van der Waals surface area contributed by atoms with Crippen LogP contribution in [0.4, 0.5) is 5.69 Å².